The summed E-state index contributed by atoms with van der Waals surface area (Å²) in [7, 11) is 0. The summed E-state index contributed by atoms with van der Waals surface area (Å²) in [5.74, 6) is 1.20. The molecule has 5 nitrogen and oxygen atoms in total. The summed E-state index contributed by atoms with van der Waals surface area (Å²) in [6.45, 7) is 11.5. The van der Waals surface area contributed by atoms with Gasteiger partial charge in [-0.15, -0.1) is 0 Å². The third-order valence-corrected chi connectivity index (χ3v) is 4.45. The topological polar surface area (TPSA) is 42.3 Å². The van der Waals surface area contributed by atoms with Gasteiger partial charge in [-0.25, -0.2) is 4.98 Å². The van der Waals surface area contributed by atoms with Gasteiger partial charge in [0.25, 0.3) is 0 Å². The van der Waals surface area contributed by atoms with Crippen molar-refractivity contribution in [3.8, 4) is 0 Å². The average Bonchev–Trinajstić information content (AvgIpc) is 3.05. The minimum absolute atomic E-state index is 0.277. The smallest absolute Gasteiger partial charge is 0.122 e. The van der Waals surface area contributed by atoms with Crippen LogP contribution >= 0.6 is 0 Å². The fraction of sp³-hybridized carbons (Fsp3) is 0.800. The lowest BCUT2D eigenvalue weighted by Crippen LogP contribution is -2.48. The second-order valence-electron chi connectivity index (χ2n) is 6.59. The van der Waals surface area contributed by atoms with E-state index in [-0.39, 0.29) is 5.41 Å². The lowest BCUT2D eigenvalue weighted by molar-refractivity contribution is 0.0920. The van der Waals surface area contributed by atoms with E-state index in [4.69, 9.17) is 4.74 Å². The number of rotatable bonds is 5. The van der Waals surface area contributed by atoms with Gasteiger partial charge in [-0.1, -0.05) is 13.8 Å². The Kier molecular flexibility index (Phi) is 4.10. The van der Waals surface area contributed by atoms with Crippen LogP contribution in [0, 0.1) is 5.41 Å². The van der Waals surface area contributed by atoms with Crippen molar-refractivity contribution < 1.29 is 4.74 Å². The third kappa shape index (κ3) is 3.05. The first-order valence-electron chi connectivity index (χ1n) is 7.70. The Bertz CT molecular complexity index is 437. The Labute approximate surface area is 121 Å². The predicted octanol–water partition coefficient (Wildman–Crippen LogP) is 1.10. The van der Waals surface area contributed by atoms with Crippen molar-refractivity contribution in [3.63, 3.8) is 0 Å². The van der Waals surface area contributed by atoms with Crippen LogP contribution in [-0.4, -0.2) is 53.3 Å². The van der Waals surface area contributed by atoms with Gasteiger partial charge in [-0.3, -0.25) is 4.90 Å². The molecule has 0 amide bonds. The van der Waals surface area contributed by atoms with Crippen molar-refractivity contribution in [1.82, 2.24) is 19.8 Å². The molecule has 0 bridgehead atoms. The van der Waals surface area contributed by atoms with Gasteiger partial charge in [-0.2, -0.15) is 0 Å². The predicted molar refractivity (Wildman–Crippen MR) is 78.5 cm³/mol. The minimum atomic E-state index is 0.277. The van der Waals surface area contributed by atoms with Crippen molar-refractivity contribution in [2.45, 2.75) is 39.4 Å². The Hall–Kier alpha value is -0.910. The van der Waals surface area contributed by atoms with Crippen LogP contribution in [0.1, 0.15) is 26.1 Å². The Morgan fingerprint density at radius 2 is 2.35 bits per heavy atom. The summed E-state index contributed by atoms with van der Waals surface area (Å²) < 4.78 is 7.97. The summed E-state index contributed by atoms with van der Waals surface area (Å²) in [6.07, 6.45) is 5.16. The second-order valence-corrected chi connectivity index (χ2v) is 6.59. The van der Waals surface area contributed by atoms with E-state index < -0.39 is 0 Å². The van der Waals surface area contributed by atoms with E-state index in [1.54, 1.807) is 0 Å². The van der Waals surface area contributed by atoms with E-state index in [0.29, 0.717) is 6.04 Å². The largest absolute Gasteiger partial charge is 0.381 e. The van der Waals surface area contributed by atoms with Crippen molar-refractivity contribution in [2.75, 3.05) is 32.8 Å². The maximum absolute atomic E-state index is 5.70. The highest BCUT2D eigenvalue weighted by molar-refractivity contribution is 4.97. The molecule has 5 heteroatoms. The molecule has 20 heavy (non-hydrogen) atoms. The summed E-state index contributed by atoms with van der Waals surface area (Å²) in [5, 5.41) is 3.60. The SMILES string of the molecule is CC(C)NCC1(CN2CCn3ccnc3C2)CCOC1. The number of nitrogens with zero attached hydrogens (tertiary/aromatic N) is 3. The Balaban J connectivity index is 1.62. The number of hydrogen-bond acceptors (Lipinski definition) is 4. The van der Waals surface area contributed by atoms with E-state index in [1.807, 2.05) is 6.20 Å². The van der Waals surface area contributed by atoms with E-state index in [1.165, 1.54) is 5.82 Å². The highest BCUT2D eigenvalue weighted by Crippen LogP contribution is 2.30. The minimum Gasteiger partial charge on any atom is -0.381 e. The molecule has 0 spiro atoms. The first-order valence-corrected chi connectivity index (χ1v) is 7.70. The molecule has 3 rings (SSSR count). The maximum atomic E-state index is 5.70. The van der Waals surface area contributed by atoms with Crippen molar-refractivity contribution >= 4 is 0 Å². The van der Waals surface area contributed by atoms with Crippen molar-refractivity contribution in [3.05, 3.63) is 18.2 Å². The molecule has 1 aromatic rings. The summed E-state index contributed by atoms with van der Waals surface area (Å²) >= 11 is 0. The third-order valence-electron chi connectivity index (χ3n) is 4.45. The summed E-state index contributed by atoms with van der Waals surface area (Å²) in [5.41, 5.74) is 0.277. The van der Waals surface area contributed by atoms with Gasteiger partial charge in [0, 0.05) is 56.6 Å². The molecule has 3 heterocycles. The zero-order valence-electron chi connectivity index (χ0n) is 12.6. The van der Waals surface area contributed by atoms with Crippen LogP contribution in [0.5, 0.6) is 0 Å². The quantitative estimate of drug-likeness (QED) is 0.876. The molecule has 112 valence electrons. The number of aromatic nitrogens is 2. The molecule has 0 aliphatic carbocycles. The van der Waals surface area contributed by atoms with Gasteiger partial charge >= 0.3 is 0 Å². The number of imidazole rings is 1. The van der Waals surface area contributed by atoms with E-state index in [2.05, 4.69) is 39.8 Å². The molecule has 1 aromatic heterocycles. The molecule has 2 aliphatic rings. The first kappa shape index (κ1) is 14.0. The van der Waals surface area contributed by atoms with Crippen LogP contribution in [0.25, 0.3) is 0 Å². The number of hydrogen-bond donors (Lipinski definition) is 1. The van der Waals surface area contributed by atoms with Crippen molar-refractivity contribution in [2.24, 2.45) is 5.41 Å². The summed E-state index contributed by atoms with van der Waals surface area (Å²) in [6, 6.07) is 0.535. The van der Waals surface area contributed by atoms with Gasteiger partial charge in [0.05, 0.1) is 13.2 Å². The lowest BCUT2D eigenvalue weighted by Gasteiger charge is -2.37. The van der Waals surface area contributed by atoms with Gasteiger partial charge in [0.1, 0.15) is 5.82 Å². The summed E-state index contributed by atoms with van der Waals surface area (Å²) in [4.78, 5) is 6.99. The fourth-order valence-electron chi connectivity index (χ4n) is 3.22. The number of ether oxygens (including phenoxy) is 1. The van der Waals surface area contributed by atoms with Crippen LogP contribution in [0.4, 0.5) is 0 Å². The highest BCUT2D eigenvalue weighted by Gasteiger charge is 2.37. The molecule has 1 unspecified atom stereocenters. The molecule has 0 saturated carbocycles. The Morgan fingerprint density at radius 1 is 1.45 bits per heavy atom. The zero-order chi connectivity index (χ0) is 14.0. The highest BCUT2D eigenvalue weighted by atomic mass is 16.5. The van der Waals surface area contributed by atoms with Crippen LogP contribution in [0.15, 0.2) is 12.4 Å². The monoisotopic (exact) mass is 278 g/mol. The fourth-order valence-corrected chi connectivity index (χ4v) is 3.22. The van der Waals surface area contributed by atoms with Crippen LogP contribution in [0.3, 0.4) is 0 Å². The van der Waals surface area contributed by atoms with Gasteiger partial charge in [0.15, 0.2) is 0 Å². The number of nitrogens with one attached hydrogen (secondary N) is 1. The average molecular weight is 278 g/mol. The molecular weight excluding hydrogens is 252 g/mol. The van der Waals surface area contributed by atoms with E-state index in [0.717, 1.165) is 52.4 Å². The van der Waals surface area contributed by atoms with Crippen LogP contribution in [0.2, 0.25) is 0 Å². The second kappa shape index (κ2) is 5.84. The maximum Gasteiger partial charge on any atom is 0.122 e. The molecule has 1 atom stereocenters. The van der Waals surface area contributed by atoms with E-state index in [9.17, 15) is 0 Å². The van der Waals surface area contributed by atoms with Crippen LogP contribution in [-0.2, 0) is 17.8 Å². The molecule has 1 fully saturated rings. The van der Waals surface area contributed by atoms with Gasteiger partial charge in [0.2, 0.25) is 0 Å². The van der Waals surface area contributed by atoms with E-state index >= 15 is 0 Å². The normalized spacial score (nSPS) is 27.1. The Morgan fingerprint density at radius 3 is 3.10 bits per heavy atom. The molecule has 1 N–H and O–H groups in total. The van der Waals surface area contributed by atoms with Gasteiger partial charge < -0.3 is 14.6 Å². The van der Waals surface area contributed by atoms with Crippen LogP contribution < -0.4 is 5.32 Å². The lowest BCUT2D eigenvalue weighted by atomic mass is 9.86. The molecular formula is C15H26N4O. The van der Waals surface area contributed by atoms with Crippen molar-refractivity contribution in [1.29, 1.82) is 0 Å². The first-order chi connectivity index (χ1) is 9.67. The standard InChI is InChI=1S/C15H26N4O/c1-13(2)17-10-15(3-8-20-12-15)11-18-6-7-19-5-4-16-14(19)9-18/h4-5,13,17H,3,6-12H2,1-2H3. The number of fused-ring (bicyclic) bond motifs is 1. The molecule has 0 aromatic carbocycles. The van der Waals surface area contributed by atoms with Gasteiger partial charge in [-0.05, 0) is 6.42 Å². The molecule has 2 aliphatic heterocycles. The molecule has 0 radical (unpaired) electrons. The molecule has 1 saturated heterocycles. The zero-order valence-corrected chi connectivity index (χ0v) is 12.6.